The van der Waals surface area contributed by atoms with Crippen LogP contribution in [0, 0.1) is 0 Å². The van der Waals surface area contributed by atoms with Gasteiger partial charge in [-0.1, -0.05) is 23.9 Å². The average molecular weight is 435 g/mol. The molecule has 1 aliphatic heterocycles. The zero-order valence-electron chi connectivity index (χ0n) is 17.3. The van der Waals surface area contributed by atoms with Gasteiger partial charge in [0, 0.05) is 18.8 Å². The van der Waals surface area contributed by atoms with E-state index in [0.29, 0.717) is 11.6 Å². The van der Waals surface area contributed by atoms with Gasteiger partial charge in [-0.3, -0.25) is 4.79 Å². The predicted molar refractivity (Wildman–Crippen MR) is 119 cm³/mol. The normalized spacial score (nSPS) is 15.5. The summed E-state index contributed by atoms with van der Waals surface area (Å²) in [5.74, 6) is 1.66. The van der Waals surface area contributed by atoms with Gasteiger partial charge >= 0.3 is 0 Å². The highest BCUT2D eigenvalue weighted by Crippen LogP contribution is 2.34. The van der Waals surface area contributed by atoms with Gasteiger partial charge in [-0.25, -0.2) is 15.0 Å². The number of hydrogen-bond donors (Lipinski definition) is 0. The van der Waals surface area contributed by atoms with Crippen LogP contribution in [-0.2, 0) is 4.79 Å². The molecular formula is C23H22N4O3S. The van der Waals surface area contributed by atoms with E-state index in [1.807, 2.05) is 48.5 Å². The van der Waals surface area contributed by atoms with Crippen molar-refractivity contribution >= 4 is 23.4 Å². The highest BCUT2D eigenvalue weighted by molar-refractivity contribution is 7.99. The van der Waals surface area contributed by atoms with E-state index in [4.69, 9.17) is 14.6 Å². The van der Waals surface area contributed by atoms with Crippen molar-refractivity contribution in [1.82, 2.24) is 15.0 Å². The van der Waals surface area contributed by atoms with Gasteiger partial charge < -0.3 is 9.47 Å². The fourth-order valence-corrected chi connectivity index (χ4v) is 3.99. The Morgan fingerprint density at radius 1 is 1.00 bits per heavy atom. The number of thioether (sulfide) groups is 1. The SMILES string of the molecule is COc1ccc(C2=NN(C(=O)CSc3ncccn3)[C@@H](c3ccc(OC)cc3)C2)cc1. The summed E-state index contributed by atoms with van der Waals surface area (Å²) in [5.41, 5.74) is 2.83. The lowest BCUT2D eigenvalue weighted by Crippen LogP contribution is -2.28. The summed E-state index contributed by atoms with van der Waals surface area (Å²) in [5, 5.41) is 6.85. The van der Waals surface area contributed by atoms with Crippen LogP contribution in [0.25, 0.3) is 0 Å². The van der Waals surface area contributed by atoms with E-state index in [2.05, 4.69) is 9.97 Å². The first-order chi connectivity index (χ1) is 15.2. The summed E-state index contributed by atoms with van der Waals surface area (Å²) in [6.45, 7) is 0. The molecule has 0 unspecified atom stereocenters. The number of amides is 1. The maximum absolute atomic E-state index is 13.1. The molecule has 1 aliphatic rings. The van der Waals surface area contributed by atoms with Gasteiger partial charge in [-0.15, -0.1) is 0 Å². The van der Waals surface area contributed by atoms with Crippen molar-refractivity contribution in [3.8, 4) is 11.5 Å². The monoisotopic (exact) mass is 434 g/mol. The molecule has 1 atom stereocenters. The van der Waals surface area contributed by atoms with Crippen LogP contribution in [0.3, 0.4) is 0 Å². The molecule has 1 amide bonds. The van der Waals surface area contributed by atoms with Crippen molar-refractivity contribution in [2.45, 2.75) is 17.6 Å². The van der Waals surface area contributed by atoms with Crippen molar-refractivity contribution < 1.29 is 14.3 Å². The average Bonchev–Trinajstić information content (AvgIpc) is 3.29. The van der Waals surface area contributed by atoms with Crippen LogP contribution >= 0.6 is 11.8 Å². The van der Waals surface area contributed by atoms with Crippen LogP contribution in [0.1, 0.15) is 23.6 Å². The lowest BCUT2D eigenvalue weighted by molar-refractivity contribution is -0.130. The highest BCUT2D eigenvalue weighted by atomic mass is 32.2. The van der Waals surface area contributed by atoms with Crippen molar-refractivity contribution in [2.24, 2.45) is 5.10 Å². The largest absolute Gasteiger partial charge is 0.497 e. The van der Waals surface area contributed by atoms with E-state index in [9.17, 15) is 4.79 Å². The van der Waals surface area contributed by atoms with E-state index in [1.54, 1.807) is 37.7 Å². The second kappa shape index (κ2) is 9.61. The number of ether oxygens (including phenoxy) is 2. The molecule has 3 aromatic rings. The second-order valence-electron chi connectivity index (χ2n) is 6.83. The fraction of sp³-hybridized carbons (Fsp3) is 0.217. The third-order valence-electron chi connectivity index (χ3n) is 4.96. The molecule has 2 heterocycles. The van der Waals surface area contributed by atoms with Gasteiger partial charge in [0.25, 0.3) is 5.91 Å². The van der Waals surface area contributed by atoms with Gasteiger partial charge in [-0.05, 0) is 53.6 Å². The zero-order valence-corrected chi connectivity index (χ0v) is 18.1. The molecule has 7 nitrogen and oxygen atoms in total. The summed E-state index contributed by atoms with van der Waals surface area (Å²) in [6.07, 6.45) is 3.95. The summed E-state index contributed by atoms with van der Waals surface area (Å²) < 4.78 is 10.5. The molecule has 4 rings (SSSR count). The van der Waals surface area contributed by atoms with Crippen LogP contribution in [-0.4, -0.2) is 46.6 Å². The minimum Gasteiger partial charge on any atom is -0.497 e. The lowest BCUT2D eigenvalue weighted by atomic mass is 9.98. The second-order valence-corrected chi connectivity index (χ2v) is 7.77. The van der Waals surface area contributed by atoms with Gasteiger partial charge in [0.2, 0.25) is 0 Å². The Hall–Kier alpha value is -3.39. The summed E-state index contributed by atoms with van der Waals surface area (Å²) in [7, 11) is 3.27. The predicted octanol–water partition coefficient (Wildman–Crippen LogP) is 3.96. The number of methoxy groups -OCH3 is 2. The molecule has 0 fully saturated rings. The van der Waals surface area contributed by atoms with E-state index < -0.39 is 0 Å². The molecule has 0 saturated carbocycles. The Kier molecular flexibility index (Phi) is 6.47. The topological polar surface area (TPSA) is 76.9 Å². The van der Waals surface area contributed by atoms with E-state index in [1.165, 1.54) is 11.8 Å². The van der Waals surface area contributed by atoms with Gasteiger partial charge in [0.1, 0.15) is 11.5 Å². The van der Waals surface area contributed by atoms with Gasteiger partial charge in [0.05, 0.1) is 31.7 Å². The van der Waals surface area contributed by atoms with Crippen molar-refractivity contribution in [2.75, 3.05) is 20.0 Å². The van der Waals surface area contributed by atoms with Crippen LogP contribution in [0.15, 0.2) is 77.2 Å². The molecule has 1 aromatic heterocycles. The fourth-order valence-electron chi connectivity index (χ4n) is 3.34. The molecule has 0 bridgehead atoms. The maximum Gasteiger partial charge on any atom is 0.253 e. The molecule has 0 radical (unpaired) electrons. The van der Waals surface area contributed by atoms with Crippen LogP contribution in [0.5, 0.6) is 11.5 Å². The first kappa shape index (κ1) is 20.9. The number of carbonyl (C=O) groups excluding carboxylic acids is 1. The van der Waals surface area contributed by atoms with Crippen LogP contribution in [0.2, 0.25) is 0 Å². The Morgan fingerprint density at radius 2 is 1.61 bits per heavy atom. The highest BCUT2D eigenvalue weighted by Gasteiger charge is 2.33. The minimum absolute atomic E-state index is 0.0956. The molecule has 2 aromatic carbocycles. The number of rotatable bonds is 7. The van der Waals surface area contributed by atoms with Crippen LogP contribution < -0.4 is 9.47 Å². The first-order valence-corrected chi connectivity index (χ1v) is 10.7. The van der Waals surface area contributed by atoms with Gasteiger partial charge in [0.15, 0.2) is 5.16 Å². The smallest absolute Gasteiger partial charge is 0.253 e. The molecular weight excluding hydrogens is 412 g/mol. The molecule has 8 heteroatoms. The Balaban J connectivity index is 1.58. The molecule has 0 aliphatic carbocycles. The third-order valence-corrected chi connectivity index (χ3v) is 5.82. The number of aromatic nitrogens is 2. The number of nitrogens with zero attached hydrogens (tertiary/aromatic N) is 4. The Morgan fingerprint density at radius 3 is 2.23 bits per heavy atom. The van der Waals surface area contributed by atoms with Crippen LogP contribution in [0.4, 0.5) is 0 Å². The minimum atomic E-state index is -0.187. The number of hydrazone groups is 1. The van der Waals surface area contributed by atoms with Crippen molar-refractivity contribution in [3.63, 3.8) is 0 Å². The molecule has 0 spiro atoms. The van der Waals surface area contributed by atoms with E-state index in [0.717, 1.165) is 28.3 Å². The molecule has 0 saturated heterocycles. The molecule has 0 N–H and O–H groups in total. The standard InChI is InChI=1S/C23H22N4O3S/c1-29-18-8-4-16(5-9-18)20-14-21(17-6-10-19(30-2)11-7-17)27(26-20)22(28)15-31-23-24-12-3-13-25-23/h3-13,21H,14-15H2,1-2H3/t21-/m1/s1. The quantitative estimate of drug-likeness (QED) is 0.414. The van der Waals surface area contributed by atoms with Crippen molar-refractivity contribution in [3.05, 3.63) is 78.1 Å². The Labute approximate surface area is 185 Å². The summed E-state index contributed by atoms with van der Waals surface area (Å²) in [4.78, 5) is 21.4. The lowest BCUT2D eigenvalue weighted by Gasteiger charge is -2.22. The molecule has 31 heavy (non-hydrogen) atoms. The maximum atomic E-state index is 13.1. The summed E-state index contributed by atoms with van der Waals surface area (Å²) in [6, 6.07) is 17.0. The Bertz CT molecular complexity index is 1060. The number of hydrogen-bond acceptors (Lipinski definition) is 7. The third kappa shape index (κ3) is 4.86. The number of carbonyl (C=O) groups is 1. The molecule has 158 valence electrons. The zero-order chi connectivity index (χ0) is 21.6. The number of benzene rings is 2. The summed E-state index contributed by atoms with van der Waals surface area (Å²) >= 11 is 1.30. The van der Waals surface area contributed by atoms with Gasteiger partial charge in [-0.2, -0.15) is 5.10 Å². The van der Waals surface area contributed by atoms with Crippen molar-refractivity contribution in [1.29, 1.82) is 0 Å². The first-order valence-electron chi connectivity index (χ1n) is 9.75. The van der Waals surface area contributed by atoms with E-state index in [-0.39, 0.29) is 17.7 Å². The van der Waals surface area contributed by atoms with E-state index >= 15 is 0 Å².